The Bertz CT molecular complexity index is 468. The van der Waals surface area contributed by atoms with Gasteiger partial charge in [-0.2, -0.15) is 0 Å². The van der Waals surface area contributed by atoms with Crippen LogP contribution in [0.25, 0.3) is 0 Å². The Kier molecular flexibility index (Phi) is 5.48. The van der Waals surface area contributed by atoms with E-state index < -0.39 is 0 Å². The molecule has 0 saturated carbocycles. The van der Waals surface area contributed by atoms with Gasteiger partial charge in [0.2, 0.25) is 0 Å². The van der Waals surface area contributed by atoms with Gasteiger partial charge in [-0.15, -0.1) is 0 Å². The van der Waals surface area contributed by atoms with Crippen molar-refractivity contribution in [2.75, 3.05) is 21.3 Å². The molecule has 1 aromatic carbocycles. The third-order valence-electron chi connectivity index (χ3n) is 3.98. The molecule has 1 aliphatic carbocycles. The van der Waals surface area contributed by atoms with Crippen LogP contribution in [0.3, 0.4) is 0 Å². The number of nitrogens with one attached hydrogen (secondary N) is 1. The summed E-state index contributed by atoms with van der Waals surface area (Å²) in [7, 11) is 5.39. The van der Waals surface area contributed by atoms with E-state index in [-0.39, 0.29) is 6.04 Å². The van der Waals surface area contributed by atoms with Crippen LogP contribution >= 0.6 is 0 Å². The molecule has 110 valence electrons. The van der Waals surface area contributed by atoms with E-state index in [9.17, 15) is 0 Å². The molecule has 0 aliphatic heterocycles. The monoisotopic (exact) mass is 275 g/mol. The van der Waals surface area contributed by atoms with E-state index in [4.69, 9.17) is 9.47 Å². The van der Waals surface area contributed by atoms with E-state index >= 15 is 0 Å². The Morgan fingerprint density at radius 1 is 1.10 bits per heavy atom. The van der Waals surface area contributed by atoms with Gasteiger partial charge in [-0.05, 0) is 38.8 Å². The van der Waals surface area contributed by atoms with Gasteiger partial charge in [-0.25, -0.2) is 0 Å². The molecule has 3 heteroatoms. The van der Waals surface area contributed by atoms with Crippen LogP contribution in [0, 0.1) is 0 Å². The van der Waals surface area contributed by atoms with Crippen LogP contribution in [0.4, 0.5) is 0 Å². The van der Waals surface area contributed by atoms with Gasteiger partial charge in [0.25, 0.3) is 0 Å². The molecule has 0 saturated heterocycles. The second-order valence-corrected chi connectivity index (χ2v) is 5.18. The molecule has 3 nitrogen and oxygen atoms in total. The van der Waals surface area contributed by atoms with Crippen molar-refractivity contribution >= 4 is 0 Å². The quantitative estimate of drug-likeness (QED) is 0.828. The molecule has 1 N–H and O–H groups in total. The van der Waals surface area contributed by atoms with Crippen molar-refractivity contribution in [2.24, 2.45) is 0 Å². The average molecular weight is 275 g/mol. The lowest BCUT2D eigenvalue weighted by Gasteiger charge is -2.23. The van der Waals surface area contributed by atoms with E-state index in [2.05, 4.69) is 17.5 Å². The zero-order valence-corrected chi connectivity index (χ0v) is 12.7. The molecular formula is C17H25NO2. The maximum Gasteiger partial charge on any atom is 0.165 e. The molecule has 0 amide bonds. The van der Waals surface area contributed by atoms with Crippen LogP contribution in [-0.4, -0.2) is 21.3 Å². The minimum Gasteiger partial charge on any atom is -0.493 e. The van der Waals surface area contributed by atoms with Crippen molar-refractivity contribution in [3.05, 3.63) is 35.4 Å². The van der Waals surface area contributed by atoms with Crippen LogP contribution in [-0.2, 0) is 0 Å². The summed E-state index contributed by atoms with van der Waals surface area (Å²) in [4.78, 5) is 0. The maximum absolute atomic E-state index is 5.58. The maximum atomic E-state index is 5.58. The number of hydrogen-bond donors (Lipinski definition) is 1. The highest BCUT2D eigenvalue weighted by Gasteiger charge is 2.21. The molecule has 0 radical (unpaired) electrons. The van der Waals surface area contributed by atoms with Gasteiger partial charge in [-0.3, -0.25) is 0 Å². The topological polar surface area (TPSA) is 30.5 Å². The number of para-hydroxylation sites is 1. The van der Waals surface area contributed by atoms with Crippen LogP contribution in [0.15, 0.2) is 29.8 Å². The van der Waals surface area contributed by atoms with Crippen LogP contribution in [0.2, 0.25) is 0 Å². The fourth-order valence-corrected chi connectivity index (χ4v) is 2.98. The van der Waals surface area contributed by atoms with Crippen LogP contribution in [0.1, 0.15) is 43.7 Å². The number of hydrogen-bond acceptors (Lipinski definition) is 3. The summed E-state index contributed by atoms with van der Waals surface area (Å²) in [6.07, 6.45) is 8.63. The van der Waals surface area contributed by atoms with Crippen molar-refractivity contribution in [2.45, 2.75) is 38.1 Å². The molecule has 20 heavy (non-hydrogen) atoms. The summed E-state index contributed by atoms with van der Waals surface area (Å²) < 4.78 is 11.0. The van der Waals surface area contributed by atoms with Crippen molar-refractivity contribution < 1.29 is 9.47 Å². The van der Waals surface area contributed by atoms with Gasteiger partial charge >= 0.3 is 0 Å². The van der Waals surface area contributed by atoms with Gasteiger partial charge in [0.05, 0.1) is 20.3 Å². The van der Waals surface area contributed by atoms with E-state index in [0.29, 0.717) is 0 Å². The first-order valence-electron chi connectivity index (χ1n) is 7.39. The largest absolute Gasteiger partial charge is 0.493 e. The highest BCUT2D eigenvalue weighted by Crippen LogP contribution is 2.38. The highest BCUT2D eigenvalue weighted by atomic mass is 16.5. The molecule has 0 bridgehead atoms. The zero-order chi connectivity index (χ0) is 14.4. The summed E-state index contributed by atoms with van der Waals surface area (Å²) in [5.41, 5.74) is 2.62. The number of rotatable bonds is 5. The van der Waals surface area contributed by atoms with Gasteiger partial charge in [0.15, 0.2) is 11.5 Å². The predicted octanol–water partition coefficient (Wildman–Crippen LogP) is 3.85. The second-order valence-electron chi connectivity index (χ2n) is 5.18. The third kappa shape index (κ3) is 3.15. The summed E-state index contributed by atoms with van der Waals surface area (Å²) in [6.45, 7) is 0. The van der Waals surface area contributed by atoms with E-state index in [1.807, 2.05) is 19.2 Å². The average Bonchev–Trinajstić information content (AvgIpc) is 2.77. The number of likely N-dealkylation sites (N-methyl/N-ethyl adjacent to an activating group) is 1. The summed E-state index contributed by atoms with van der Waals surface area (Å²) in [5, 5.41) is 3.44. The molecule has 0 spiro atoms. The highest BCUT2D eigenvalue weighted by molar-refractivity contribution is 5.50. The summed E-state index contributed by atoms with van der Waals surface area (Å²) >= 11 is 0. The Morgan fingerprint density at radius 2 is 1.95 bits per heavy atom. The standard InChI is InChI=1S/C17H25NO2/c1-18-16(13-9-6-4-5-7-10-13)14-11-8-12-15(19-2)17(14)20-3/h8-9,11-12,16,18H,4-7,10H2,1-3H3. The number of benzene rings is 1. The first kappa shape index (κ1) is 14.9. The molecule has 1 aromatic rings. The van der Waals surface area contributed by atoms with Crippen molar-refractivity contribution in [3.63, 3.8) is 0 Å². The molecule has 2 rings (SSSR count). The molecule has 1 aliphatic rings. The Balaban J connectivity index is 2.38. The number of allylic oxidation sites excluding steroid dienone is 1. The van der Waals surface area contributed by atoms with E-state index in [1.165, 1.54) is 31.3 Å². The second kappa shape index (κ2) is 7.34. The van der Waals surface area contributed by atoms with Gasteiger partial charge in [0.1, 0.15) is 0 Å². The Morgan fingerprint density at radius 3 is 2.65 bits per heavy atom. The number of ether oxygens (including phenoxy) is 2. The van der Waals surface area contributed by atoms with E-state index in [1.54, 1.807) is 14.2 Å². The fourth-order valence-electron chi connectivity index (χ4n) is 2.98. The van der Waals surface area contributed by atoms with Crippen molar-refractivity contribution in [3.8, 4) is 11.5 Å². The van der Waals surface area contributed by atoms with Gasteiger partial charge in [0, 0.05) is 5.56 Å². The predicted molar refractivity (Wildman–Crippen MR) is 82.5 cm³/mol. The zero-order valence-electron chi connectivity index (χ0n) is 12.7. The van der Waals surface area contributed by atoms with Crippen LogP contribution in [0.5, 0.6) is 11.5 Å². The minimum absolute atomic E-state index is 0.207. The molecule has 0 heterocycles. The van der Waals surface area contributed by atoms with Gasteiger partial charge < -0.3 is 14.8 Å². The fraction of sp³-hybridized carbons (Fsp3) is 0.529. The normalized spacial score (nSPS) is 17.1. The molecular weight excluding hydrogens is 250 g/mol. The smallest absolute Gasteiger partial charge is 0.165 e. The lowest BCUT2D eigenvalue weighted by Crippen LogP contribution is -2.19. The lowest BCUT2D eigenvalue weighted by atomic mass is 9.94. The van der Waals surface area contributed by atoms with Crippen LogP contribution < -0.4 is 14.8 Å². The third-order valence-corrected chi connectivity index (χ3v) is 3.98. The van der Waals surface area contributed by atoms with Gasteiger partial charge in [-0.1, -0.05) is 30.2 Å². The van der Waals surface area contributed by atoms with Crippen molar-refractivity contribution in [1.29, 1.82) is 0 Å². The minimum atomic E-state index is 0.207. The first-order chi connectivity index (χ1) is 9.81. The first-order valence-corrected chi connectivity index (χ1v) is 7.39. The Hall–Kier alpha value is -1.48. The molecule has 0 fully saturated rings. The van der Waals surface area contributed by atoms with Crippen molar-refractivity contribution in [1.82, 2.24) is 5.32 Å². The van der Waals surface area contributed by atoms with E-state index in [0.717, 1.165) is 23.5 Å². The molecule has 0 aromatic heterocycles. The number of methoxy groups -OCH3 is 2. The lowest BCUT2D eigenvalue weighted by molar-refractivity contribution is 0.349. The summed E-state index contributed by atoms with van der Waals surface area (Å²) in [6, 6.07) is 6.29. The summed E-state index contributed by atoms with van der Waals surface area (Å²) in [5.74, 6) is 1.62. The molecule has 1 atom stereocenters. The SMILES string of the molecule is CNC(C1=CCCCCC1)c1cccc(OC)c1OC. The Labute approximate surface area is 122 Å². The molecule has 1 unspecified atom stereocenters.